The summed E-state index contributed by atoms with van der Waals surface area (Å²) >= 11 is 25.3. The number of benzene rings is 2. The van der Waals surface area contributed by atoms with Crippen molar-refractivity contribution < 1.29 is 21.5 Å². The Balaban J connectivity index is 0.00000300. The van der Waals surface area contributed by atoms with Gasteiger partial charge in [-0.3, -0.25) is 0 Å². The van der Waals surface area contributed by atoms with Crippen LogP contribution in [0.15, 0.2) is 55.1 Å². The molecule has 0 radical (unpaired) electrons. The molecule has 7 heteroatoms. The van der Waals surface area contributed by atoms with Crippen LogP contribution in [0.2, 0.25) is 20.1 Å². The van der Waals surface area contributed by atoms with Crippen LogP contribution in [0.5, 0.6) is 0 Å². The number of unbranched alkanes of at least 4 members (excludes halogenated alkanes) is 3. The summed E-state index contributed by atoms with van der Waals surface area (Å²) in [7, 11) is 0. The van der Waals surface area contributed by atoms with Gasteiger partial charge in [0.2, 0.25) is 6.33 Å². The Kier molecular flexibility index (Phi) is 9.84. The Hall–Kier alpha value is -0.710. The van der Waals surface area contributed by atoms with Crippen molar-refractivity contribution in [1.82, 2.24) is 4.57 Å². The number of aryl methyl sites for hydroxylation is 1. The van der Waals surface area contributed by atoms with Crippen LogP contribution >= 0.6 is 46.4 Å². The Bertz CT molecular complexity index is 891. The minimum absolute atomic E-state index is 0. The molecule has 2 nitrogen and oxygen atoms in total. The first-order valence-electron chi connectivity index (χ1n) is 9.46. The van der Waals surface area contributed by atoms with Crippen LogP contribution in [0.25, 0.3) is 0 Å². The van der Waals surface area contributed by atoms with Crippen LogP contribution in [0.1, 0.15) is 49.8 Å². The summed E-state index contributed by atoms with van der Waals surface area (Å²) < 4.78 is 4.33. The van der Waals surface area contributed by atoms with E-state index >= 15 is 0 Å². The van der Waals surface area contributed by atoms with E-state index in [1.54, 1.807) is 12.1 Å². The zero-order valence-electron chi connectivity index (χ0n) is 16.1. The summed E-state index contributed by atoms with van der Waals surface area (Å²) in [5.74, 6) is 0. The molecule has 2 aromatic carbocycles. The molecule has 0 saturated heterocycles. The van der Waals surface area contributed by atoms with Gasteiger partial charge in [0, 0.05) is 31.2 Å². The lowest BCUT2D eigenvalue weighted by Crippen LogP contribution is -3.00. The molecule has 156 valence electrons. The molecule has 0 spiro atoms. The van der Waals surface area contributed by atoms with E-state index in [-0.39, 0.29) is 23.0 Å². The predicted octanol–water partition coefficient (Wildman–Crippen LogP) is 4.61. The zero-order valence-corrected chi connectivity index (χ0v) is 20.7. The lowest BCUT2D eigenvalue weighted by molar-refractivity contribution is -0.697. The third kappa shape index (κ3) is 6.38. The Morgan fingerprint density at radius 1 is 0.862 bits per heavy atom. The van der Waals surface area contributed by atoms with Crippen LogP contribution in [0.4, 0.5) is 0 Å². The molecule has 0 aliphatic carbocycles. The molecule has 29 heavy (non-hydrogen) atoms. The highest BCUT2D eigenvalue weighted by atomic mass is 79.9. The number of nitrogens with zero attached hydrogens (tertiary/aromatic N) is 2. The average molecular weight is 537 g/mol. The van der Waals surface area contributed by atoms with E-state index in [0.717, 1.165) is 24.1 Å². The first-order chi connectivity index (χ1) is 13.5. The van der Waals surface area contributed by atoms with Gasteiger partial charge in [-0.15, -0.1) is 0 Å². The van der Waals surface area contributed by atoms with Crippen LogP contribution in [0, 0.1) is 0 Å². The number of hydrogen-bond acceptors (Lipinski definition) is 0. The quantitative estimate of drug-likeness (QED) is 0.294. The first-order valence-corrected chi connectivity index (χ1v) is 11.0. The predicted molar refractivity (Wildman–Crippen MR) is 119 cm³/mol. The summed E-state index contributed by atoms with van der Waals surface area (Å²) in [5, 5.41) is 2.42. The third-order valence-electron chi connectivity index (χ3n) is 4.79. The van der Waals surface area contributed by atoms with Gasteiger partial charge in [0.15, 0.2) is 6.04 Å². The second kappa shape index (κ2) is 11.6. The number of hydrogen-bond donors (Lipinski definition) is 0. The fraction of sp³-hybridized carbons (Fsp3) is 0.318. The maximum absolute atomic E-state index is 6.56. The van der Waals surface area contributed by atoms with Crippen molar-refractivity contribution in [2.24, 2.45) is 0 Å². The van der Waals surface area contributed by atoms with Crippen molar-refractivity contribution in [2.75, 3.05) is 0 Å². The zero-order chi connectivity index (χ0) is 20.1. The summed E-state index contributed by atoms with van der Waals surface area (Å²) in [6.45, 7) is 3.21. The summed E-state index contributed by atoms with van der Waals surface area (Å²) in [6, 6.07) is 10.9. The van der Waals surface area contributed by atoms with Crippen molar-refractivity contribution in [3.05, 3.63) is 86.3 Å². The molecule has 0 bridgehead atoms. The Morgan fingerprint density at radius 3 is 1.97 bits per heavy atom. The van der Waals surface area contributed by atoms with Crippen LogP contribution < -0.4 is 21.5 Å². The number of aromatic nitrogens is 2. The van der Waals surface area contributed by atoms with Gasteiger partial charge in [-0.05, 0) is 37.1 Å². The molecule has 0 atom stereocenters. The van der Waals surface area contributed by atoms with Crippen LogP contribution in [-0.2, 0) is 6.54 Å². The van der Waals surface area contributed by atoms with Crippen LogP contribution in [-0.4, -0.2) is 4.57 Å². The largest absolute Gasteiger partial charge is 1.00 e. The molecule has 0 aliphatic rings. The van der Waals surface area contributed by atoms with E-state index in [4.69, 9.17) is 46.4 Å². The smallest absolute Gasteiger partial charge is 0.244 e. The SMILES string of the molecule is CCCCCC[n+]1ccn(C(c2ccc(Cl)cc2Cl)c2ccc(Cl)cc2Cl)c1.[Br-]. The highest BCUT2D eigenvalue weighted by Crippen LogP contribution is 2.37. The van der Waals surface area contributed by atoms with Crippen LogP contribution in [0.3, 0.4) is 0 Å². The lowest BCUT2D eigenvalue weighted by Gasteiger charge is -2.18. The molecular formula is C22H23BrCl4N2. The molecule has 0 saturated carbocycles. The third-order valence-corrected chi connectivity index (χ3v) is 5.92. The van der Waals surface area contributed by atoms with Crippen molar-refractivity contribution in [3.8, 4) is 0 Å². The molecule has 1 heterocycles. The second-order valence-corrected chi connectivity index (χ2v) is 8.58. The minimum Gasteiger partial charge on any atom is -1.00 e. The molecule has 0 N–H and O–H groups in total. The highest BCUT2D eigenvalue weighted by molar-refractivity contribution is 6.36. The van der Waals surface area contributed by atoms with Gasteiger partial charge < -0.3 is 17.0 Å². The molecular weight excluding hydrogens is 514 g/mol. The number of imidazole rings is 1. The van der Waals surface area contributed by atoms with Crippen molar-refractivity contribution >= 4 is 46.4 Å². The summed E-state index contributed by atoms with van der Waals surface area (Å²) in [5.41, 5.74) is 1.87. The normalized spacial score (nSPS) is 11.0. The Labute approximate surface area is 203 Å². The maximum Gasteiger partial charge on any atom is 0.244 e. The van der Waals surface area contributed by atoms with Gasteiger partial charge in [-0.25, -0.2) is 9.13 Å². The number of halogens is 5. The summed E-state index contributed by atoms with van der Waals surface area (Å²) in [4.78, 5) is 0. The average Bonchev–Trinajstić information content (AvgIpc) is 3.11. The van der Waals surface area contributed by atoms with E-state index in [0.29, 0.717) is 20.1 Å². The van der Waals surface area contributed by atoms with E-state index in [1.807, 2.05) is 24.3 Å². The lowest BCUT2D eigenvalue weighted by atomic mass is 9.98. The van der Waals surface area contributed by atoms with E-state index in [2.05, 4.69) is 34.8 Å². The first kappa shape index (κ1) is 24.6. The standard InChI is InChI=1S/C22H23Cl4N2.BrH/c1-2-3-4-5-10-27-11-12-28(15-27)22(18-8-6-16(23)13-20(18)25)19-9-7-17(24)14-21(19)26;/h6-9,11-15,22H,2-5,10H2,1H3;1H/q+1;/p-1. The maximum atomic E-state index is 6.56. The van der Waals surface area contributed by atoms with Gasteiger partial charge in [-0.1, -0.05) is 78.3 Å². The van der Waals surface area contributed by atoms with Crippen molar-refractivity contribution in [1.29, 1.82) is 0 Å². The molecule has 1 aromatic heterocycles. The Morgan fingerprint density at radius 2 is 1.45 bits per heavy atom. The number of rotatable bonds is 8. The van der Waals surface area contributed by atoms with Gasteiger partial charge in [0.1, 0.15) is 12.4 Å². The fourth-order valence-electron chi connectivity index (χ4n) is 3.35. The fourth-order valence-corrected chi connectivity index (χ4v) is 4.38. The van der Waals surface area contributed by atoms with Gasteiger partial charge in [0.05, 0.1) is 6.54 Å². The van der Waals surface area contributed by atoms with Crippen molar-refractivity contribution in [3.63, 3.8) is 0 Å². The highest BCUT2D eigenvalue weighted by Gasteiger charge is 2.26. The molecule has 0 amide bonds. The molecule has 0 unspecified atom stereocenters. The monoisotopic (exact) mass is 534 g/mol. The molecule has 3 rings (SSSR count). The topological polar surface area (TPSA) is 8.81 Å². The molecule has 0 aliphatic heterocycles. The van der Waals surface area contributed by atoms with Gasteiger partial charge in [0.25, 0.3) is 0 Å². The molecule has 0 fully saturated rings. The van der Waals surface area contributed by atoms with E-state index < -0.39 is 0 Å². The molecule has 3 aromatic rings. The minimum atomic E-state index is -0.175. The van der Waals surface area contributed by atoms with Crippen molar-refractivity contribution in [2.45, 2.75) is 45.2 Å². The second-order valence-electron chi connectivity index (χ2n) is 6.89. The van der Waals surface area contributed by atoms with Gasteiger partial charge in [-0.2, -0.15) is 0 Å². The van der Waals surface area contributed by atoms with Gasteiger partial charge >= 0.3 is 0 Å². The van der Waals surface area contributed by atoms with E-state index in [9.17, 15) is 0 Å². The summed E-state index contributed by atoms with van der Waals surface area (Å²) in [6.07, 6.45) is 11.2. The van der Waals surface area contributed by atoms with E-state index in [1.165, 1.54) is 19.3 Å².